The Morgan fingerprint density at radius 1 is 1.28 bits per heavy atom. The fourth-order valence-corrected chi connectivity index (χ4v) is 1.43. The Balaban J connectivity index is 2.07. The van der Waals surface area contributed by atoms with Crippen LogP contribution >= 0.6 is 11.6 Å². The highest BCUT2D eigenvalue weighted by molar-refractivity contribution is 6.28. The van der Waals surface area contributed by atoms with Crippen molar-refractivity contribution in [2.75, 3.05) is 18.5 Å². The second-order valence-electron chi connectivity index (χ2n) is 3.43. The minimum Gasteiger partial charge on any atom is -0.396 e. The van der Waals surface area contributed by atoms with Gasteiger partial charge in [-0.2, -0.15) is 24.7 Å². The van der Waals surface area contributed by atoms with Gasteiger partial charge in [0.25, 0.3) is 5.95 Å². The Morgan fingerprint density at radius 3 is 2.89 bits per heavy atom. The van der Waals surface area contributed by atoms with E-state index in [2.05, 4.69) is 30.4 Å². The lowest BCUT2D eigenvalue weighted by Gasteiger charge is -2.05. The molecular formula is C9H12ClN7O. The average Bonchev–Trinajstić information content (AvgIpc) is 2.88. The highest BCUT2D eigenvalue weighted by Crippen LogP contribution is 2.08. The number of anilines is 1. The maximum absolute atomic E-state index is 8.67. The number of aromatic nitrogens is 6. The molecule has 0 fully saturated rings. The molecule has 9 heteroatoms. The van der Waals surface area contributed by atoms with Crippen LogP contribution in [-0.4, -0.2) is 48.0 Å². The van der Waals surface area contributed by atoms with E-state index < -0.39 is 0 Å². The number of halogens is 1. The largest absolute Gasteiger partial charge is 0.396 e. The lowest BCUT2D eigenvalue weighted by molar-refractivity contribution is 0.286. The fourth-order valence-electron chi connectivity index (χ4n) is 1.27. The van der Waals surface area contributed by atoms with Crippen molar-refractivity contribution in [1.82, 2.24) is 29.7 Å². The molecule has 0 aliphatic heterocycles. The molecule has 96 valence electrons. The summed E-state index contributed by atoms with van der Waals surface area (Å²) in [6.07, 6.45) is 4.40. The van der Waals surface area contributed by atoms with Gasteiger partial charge in [0, 0.05) is 13.2 Å². The van der Waals surface area contributed by atoms with Gasteiger partial charge in [0.15, 0.2) is 0 Å². The third-order valence-electron chi connectivity index (χ3n) is 2.09. The predicted molar refractivity (Wildman–Crippen MR) is 64.6 cm³/mol. The number of nitrogens with one attached hydrogen (secondary N) is 1. The molecule has 0 spiro atoms. The van der Waals surface area contributed by atoms with Gasteiger partial charge in [0.2, 0.25) is 11.2 Å². The summed E-state index contributed by atoms with van der Waals surface area (Å²) >= 11 is 5.80. The molecular weight excluding hydrogens is 258 g/mol. The number of nitrogens with zero attached hydrogens (tertiary/aromatic N) is 6. The van der Waals surface area contributed by atoms with Gasteiger partial charge >= 0.3 is 0 Å². The topological polar surface area (TPSA) is 102 Å². The van der Waals surface area contributed by atoms with E-state index >= 15 is 0 Å². The lowest BCUT2D eigenvalue weighted by Crippen LogP contribution is -2.10. The van der Waals surface area contributed by atoms with Gasteiger partial charge in [0.05, 0.1) is 0 Å². The summed E-state index contributed by atoms with van der Waals surface area (Å²) in [5, 5.41) is 15.7. The van der Waals surface area contributed by atoms with E-state index in [1.807, 2.05) is 0 Å². The summed E-state index contributed by atoms with van der Waals surface area (Å²) in [5.74, 6) is 0.676. The first kappa shape index (κ1) is 12.7. The first-order valence-electron chi connectivity index (χ1n) is 5.41. The maximum atomic E-state index is 8.67. The summed E-state index contributed by atoms with van der Waals surface area (Å²) in [7, 11) is 0. The standard InChI is InChI=1S/C9H12ClN7O/c10-7-14-8(12-3-1-2-4-18)16-9(15-7)17-6-11-5-13-17/h5-6,18H,1-4H2,(H,12,14,15,16). The first-order chi connectivity index (χ1) is 8.79. The molecule has 0 bridgehead atoms. The number of aliphatic hydroxyl groups excluding tert-OH is 1. The molecule has 0 amide bonds. The third-order valence-corrected chi connectivity index (χ3v) is 2.26. The molecule has 2 N–H and O–H groups in total. The van der Waals surface area contributed by atoms with Crippen molar-refractivity contribution < 1.29 is 5.11 Å². The van der Waals surface area contributed by atoms with E-state index in [4.69, 9.17) is 16.7 Å². The molecule has 8 nitrogen and oxygen atoms in total. The zero-order chi connectivity index (χ0) is 12.8. The van der Waals surface area contributed by atoms with Crippen LogP contribution < -0.4 is 5.32 Å². The minimum absolute atomic E-state index is 0.0835. The molecule has 0 aliphatic rings. The van der Waals surface area contributed by atoms with E-state index in [0.29, 0.717) is 18.4 Å². The molecule has 0 radical (unpaired) electrons. The summed E-state index contributed by atoms with van der Waals surface area (Å²) in [5.41, 5.74) is 0. The summed E-state index contributed by atoms with van der Waals surface area (Å²) in [4.78, 5) is 15.9. The Kier molecular flexibility index (Phi) is 4.37. The van der Waals surface area contributed by atoms with Gasteiger partial charge in [-0.15, -0.1) is 0 Å². The third kappa shape index (κ3) is 3.34. The number of hydrogen-bond donors (Lipinski definition) is 2. The molecule has 2 aromatic heterocycles. The van der Waals surface area contributed by atoms with Gasteiger partial charge in [-0.3, -0.25) is 0 Å². The van der Waals surface area contributed by atoms with Crippen LogP contribution in [0.25, 0.3) is 5.95 Å². The van der Waals surface area contributed by atoms with Crippen molar-refractivity contribution in [2.45, 2.75) is 12.8 Å². The smallest absolute Gasteiger partial charge is 0.258 e. The van der Waals surface area contributed by atoms with Crippen LogP contribution in [0.5, 0.6) is 0 Å². The van der Waals surface area contributed by atoms with E-state index in [0.717, 1.165) is 12.8 Å². The van der Waals surface area contributed by atoms with Crippen LogP contribution in [0.3, 0.4) is 0 Å². The minimum atomic E-state index is 0.0835. The van der Waals surface area contributed by atoms with Gasteiger partial charge in [-0.25, -0.2) is 4.98 Å². The fraction of sp³-hybridized carbons (Fsp3) is 0.444. The second-order valence-corrected chi connectivity index (χ2v) is 3.76. The van der Waals surface area contributed by atoms with E-state index in [1.165, 1.54) is 17.3 Å². The van der Waals surface area contributed by atoms with Gasteiger partial charge in [-0.1, -0.05) is 0 Å². The Bertz CT molecular complexity index is 490. The van der Waals surface area contributed by atoms with E-state index in [9.17, 15) is 0 Å². The van der Waals surface area contributed by atoms with Crippen LogP contribution in [0.1, 0.15) is 12.8 Å². The van der Waals surface area contributed by atoms with Crippen LogP contribution in [0.4, 0.5) is 5.95 Å². The maximum Gasteiger partial charge on any atom is 0.258 e. The first-order valence-corrected chi connectivity index (χ1v) is 5.78. The van der Waals surface area contributed by atoms with Crippen molar-refractivity contribution >= 4 is 17.5 Å². The zero-order valence-electron chi connectivity index (χ0n) is 9.49. The monoisotopic (exact) mass is 269 g/mol. The molecule has 0 saturated carbocycles. The molecule has 0 unspecified atom stereocenters. The summed E-state index contributed by atoms with van der Waals surface area (Å²) in [6.45, 7) is 0.821. The molecule has 0 atom stereocenters. The van der Waals surface area contributed by atoms with Gasteiger partial charge < -0.3 is 10.4 Å². The van der Waals surface area contributed by atoms with Crippen molar-refractivity contribution in [1.29, 1.82) is 0 Å². The Hall–Kier alpha value is -1.80. The molecule has 2 rings (SSSR count). The van der Waals surface area contributed by atoms with Crippen LogP contribution in [0.15, 0.2) is 12.7 Å². The molecule has 0 saturated heterocycles. The van der Waals surface area contributed by atoms with E-state index in [1.54, 1.807) is 0 Å². The summed E-state index contributed by atoms with van der Waals surface area (Å²) in [6, 6.07) is 0. The molecule has 2 aromatic rings. The molecule has 0 aromatic carbocycles. The van der Waals surface area contributed by atoms with Crippen molar-refractivity contribution in [3.8, 4) is 5.95 Å². The number of hydrogen-bond acceptors (Lipinski definition) is 7. The quantitative estimate of drug-likeness (QED) is 0.727. The molecule has 0 aliphatic carbocycles. The SMILES string of the molecule is OCCCCNc1nc(Cl)nc(-n2cncn2)n1. The Labute approximate surface area is 108 Å². The highest BCUT2D eigenvalue weighted by atomic mass is 35.5. The van der Waals surface area contributed by atoms with E-state index in [-0.39, 0.29) is 11.9 Å². The summed E-state index contributed by atoms with van der Waals surface area (Å²) < 4.78 is 1.40. The highest BCUT2D eigenvalue weighted by Gasteiger charge is 2.06. The van der Waals surface area contributed by atoms with Gasteiger partial charge in [0.1, 0.15) is 12.7 Å². The Morgan fingerprint density at radius 2 is 2.17 bits per heavy atom. The molecule has 2 heterocycles. The van der Waals surface area contributed by atoms with Crippen molar-refractivity contribution in [3.05, 3.63) is 17.9 Å². The number of rotatable bonds is 6. The predicted octanol–water partition coefficient (Wildman–Crippen LogP) is 0.290. The van der Waals surface area contributed by atoms with Crippen molar-refractivity contribution in [3.63, 3.8) is 0 Å². The zero-order valence-corrected chi connectivity index (χ0v) is 10.2. The van der Waals surface area contributed by atoms with Crippen LogP contribution in [0, 0.1) is 0 Å². The van der Waals surface area contributed by atoms with Crippen molar-refractivity contribution in [2.24, 2.45) is 0 Å². The number of aliphatic hydroxyl groups is 1. The average molecular weight is 270 g/mol. The van der Waals surface area contributed by atoms with Crippen LogP contribution in [-0.2, 0) is 0 Å². The number of unbranched alkanes of at least 4 members (excludes halogenated alkanes) is 1. The molecule has 18 heavy (non-hydrogen) atoms. The van der Waals surface area contributed by atoms with Crippen LogP contribution in [0.2, 0.25) is 5.28 Å². The lowest BCUT2D eigenvalue weighted by atomic mass is 10.3. The second kappa shape index (κ2) is 6.22. The normalized spacial score (nSPS) is 10.6. The van der Waals surface area contributed by atoms with Gasteiger partial charge in [-0.05, 0) is 24.4 Å².